The van der Waals surface area contributed by atoms with Gasteiger partial charge < -0.3 is 5.32 Å². The van der Waals surface area contributed by atoms with Crippen molar-refractivity contribution in [2.45, 2.75) is 46.0 Å². The van der Waals surface area contributed by atoms with E-state index >= 15 is 0 Å². The molecular weight excluding hydrogens is 232 g/mol. The number of allylic oxidation sites excluding steroid dienone is 3. The van der Waals surface area contributed by atoms with Gasteiger partial charge in [0.05, 0.1) is 0 Å². The predicted octanol–water partition coefficient (Wildman–Crippen LogP) is 4.26. The first-order chi connectivity index (χ1) is 9.11. The van der Waals surface area contributed by atoms with Crippen molar-refractivity contribution in [2.75, 3.05) is 13.6 Å². The molecule has 0 heterocycles. The summed E-state index contributed by atoms with van der Waals surface area (Å²) in [6.07, 6.45) is 8.24. The molecule has 1 N–H and O–H groups in total. The van der Waals surface area contributed by atoms with Crippen LogP contribution >= 0.6 is 0 Å². The molecule has 1 rings (SSSR count). The van der Waals surface area contributed by atoms with Crippen molar-refractivity contribution in [3.8, 4) is 0 Å². The molecule has 1 aliphatic rings. The van der Waals surface area contributed by atoms with Crippen LogP contribution in [0.2, 0.25) is 0 Å². The molecule has 0 aromatic heterocycles. The second-order valence-corrected chi connectivity index (χ2v) is 5.49. The molecule has 0 aliphatic heterocycles. The number of aliphatic imine (C=N–C) groups is 1. The number of nitrogens with one attached hydrogen (secondary N) is 1. The molecule has 2 nitrogen and oxygen atoms in total. The van der Waals surface area contributed by atoms with E-state index in [-0.39, 0.29) is 0 Å². The van der Waals surface area contributed by atoms with Gasteiger partial charge in [-0.1, -0.05) is 25.0 Å². The van der Waals surface area contributed by atoms with E-state index in [1.54, 1.807) is 0 Å². The van der Waals surface area contributed by atoms with E-state index in [2.05, 4.69) is 37.5 Å². The summed E-state index contributed by atoms with van der Waals surface area (Å²) in [7, 11) is 1.99. The van der Waals surface area contributed by atoms with Crippen LogP contribution in [0.15, 0.2) is 40.1 Å². The first kappa shape index (κ1) is 15.9. The fourth-order valence-electron chi connectivity index (χ4n) is 2.99. The molecule has 1 saturated carbocycles. The van der Waals surface area contributed by atoms with E-state index in [4.69, 9.17) is 0 Å². The SMILES string of the molecule is C=N/C=C(/C(C)=C(\CCNC)C(=C)C)C1CCCC1. The van der Waals surface area contributed by atoms with Crippen molar-refractivity contribution < 1.29 is 0 Å². The van der Waals surface area contributed by atoms with Crippen molar-refractivity contribution in [1.29, 1.82) is 0 Å². The fourth-order valence-corrected chi connectivity index (χ4v) is 2.99. The van der Waals surface area contributed by atoms with Gasteiger partial charge in [0.2, 0.25) is 0 Å². The number of hydrogen-bond donors (Lipinski definition) is 1. The molecule has 0 bridgehead atoms. The van der Waals surface area contributed by atoms with Crippen LogP contribution in [0.5, 0.6) is 0 Å². The van der Waals surface area contributed by atoms with Gasteiger partial charge in [-0.25, -0.2) is 0 Å². The van der Waals surface area contributed by atoms with E-state index < -0.39 is 0 Å². The molecule has 0 amide bonds. The van der Waals surface area contributed by atoms with Gasteiger partial charge in [0.25, 0.3) is 0 Å². The average molecular weight is 260 g/mol. The van der Waals surface area contributed by atoms with Gasteiger partial charge in [-0.15, -0.1) is 0 Å². The molecule has 1 aliphatic carbocycles. The Morgan fingerprint density at radius 3 is 2.42 bits per heavy atom. The largest absolute Gasteiger partial charge is 0.319 e. The minimum Gasteiger partial charge on any atom is -0.319 e. The quantitative estimate of drug-likeness (QED) is 0.536. The van der Waals surface area contributed by atoms with Gasteiger partial charge in [-0.2, -0.15) is 0 Å². The Morgan fingerprint density at radius 1 is 1.32 bits per heavy atom. The van der Waals surface area contributed by atoms with Crippen LogP contribution in [0.25, 0.3) is 0 Å². The summed E-state index contributed by atoms with van der Waals surface area (Å²) in [5.41, 5.74) is 5.28. The molecule has 0 saturated heterocycles. The Morgan fingerprint density at radius 2 is 1.95 bits per heavy atom. The highest BCUT2D eigenvalue weighted by atomic mass is 14.8. The molecule has 0 aromatic carbocycles. The van der Waals surface area contributed by atoms with E-state index in [1.165, 1.54) is 48.0 Å². The van der Waals surface area contributed by atoms with Crippen LogP contribution in [-0.2, 0) is 0 Å². The third kappa shape index (κ3) is 4.46. The summed E-state index contributed by atoms with van der Waals surface area (Å²) in [4.78, 5) is 4.03. The second kappa shape index (κ2) is 8.11. The van der Waals surface area contributed by atoms with Gasteiger partial charge in [0.1, 0.15) is 0 Å². The molecule has 0 unspecified atom stereocenters. The Balaban J connectivity index is 3.05. The van der Waals surface area contributed by atoms with E-state index in [9.17, 15) is 0 Å². The smallest absolute Gasteiger partial charge is 0.0298 e. The van der Waals surface area contributed by atoms with Crippen LogP contribution < -0.4 is 5.32 Å². The lowest BCUT2D eigenvalue weighted by atomic mass is 9.87. The van der Waals surface area contributed by atoms with Crippen LogP contribution in [0.1, 0.15) is 46.0 Å². The van der Waals surface area contributed by atoms with Crippen LogP contribution in [-0.4, -0.2) is 20.3 Å². The predicted molar refractivity (Wildman–Crippen MR) is 85.6 cm³/mol. The monoisotopic (exact) mass is 260 g/mol. The second-order valence-electron chi connectivity index (χ2n) is 5.49. The molecule has 0 radical (unpaired) electrons. The summed E-state index contributed by atoms with van der Waals surface area (Å²) < 4.78 is 0. The Labute approximate surface area is 118 Å². The zero-order chi connectivity index (χ0) is 14.3. The van der Waals surface area contributed by atoms with Gasteiger partial charge in [-0.05, 0) is 76.1 Å². The maximum atomic E-state index is 4.14. The molecule has 2 heteroatoms. The van der Waals surface area contributed by atoms with Gasteiger partial charge in [-0.3, -0.25) is 4.99 Å². The summed E-state index contributed by atoms with van der Waals surface area (Å²) in [6.45, 7) is 13.1. The summed E-state index contributed by atoms with van der Waals surface area (Å²) in [5.74, 6) is 0.662. The number of hydrogen-bond acceptors (Lipinski definition) is 2. The van der Waals surface area contributed by atoms with Crippen LogP contribution in [0.4, 0.5) is 0 Å². The zero-order valence-corrected chi connectivity index (χ0v) is 12.8. The fraction of sp³-hybridized carbons (Fsp3) is 0.588. The number of nitrogens with zero attached hydrogens (tertiary/aromatic N) is 1. The Kier molecular flexibility index (Phi) is 6.79. The van der Waals surface area contributed by atoms with E-state index in [0.29, 0.717) is 5.92 Å². The average Bonchev–Trinajstić information content (AvgIpc) is 2.89. The minimum absolute atomic E-state index is 0.662. The molecule has 0 spiro atoms. The van der Waals surface area contributed by atoms with Crippen LogP contribution in [0, 0.1) is 5.92 Å². The lowest BCUT2D eigenvalue weighted by molar-refractivity contribution is 0.644. The van der Waals surface area contributed by atoms with Gasteiger partial charge in [0.15, 0.2) is 0 Å². The van der Waals surface area contributed by atoms with Crippen molar-refractivity contribution >= 4 is 6.72 Å². The summed E-state index contributed by atoms with van der Waals surface area (Å²) in [5, 5.41) is 3.22. The summed E-state index contributed by atoms with van der Waals surface area (Å²) in [6, 6.07) is 0. The van der Waals surface area contributed by atoms with Gasteiger partial charge in [0, 0.05) is 6.20 Å². The molecular formula is C17H28N2. The molecule has 0 aromatic rings. The lowest BCUT2D eigenvalue weighted by Gasteiger charge is -2.19. The van der Waals surface area contributed by atoms with Crippen molar-refractivity contribution in [3.63, 3.8) is 0 Å². The highest BCUT2D eigenvalue weighted by Crippen LogP contribution is 2.36. The normalized spacial score (nSPS) is 18.4. The topological polar surface area (TPSA) is 24.4 Å². The third-order valence-corrected chi connectivity index (χ3v) is 4.05. The maximum Gasteiger partial charge on any atom is 0.0298 e. The van der Waals surface area contributed by atoms with E-state index in [1.807, 2.05) is 13.2 Å². The molecule has 0 atom stereocenters. The van der Waals surface area contributed by atoms with E-state index in [0.717, 1.165) is 13.0 Å². The van der Waals surface area contributed by atoms with Crippen molar-refractivity contribution in [2.24, 2.45) is 10.9 Å². The maximum absolute atomic E-state index is 4.14. The highest BCUT2D eigenvalue weighted by molar-refractivity contribution is 5.44. The Hall–Kier alpha value is -1.15. The first-order valence-corrected chi connectivity index (χ1v) is 7.28. The number of rotatable bonds is 7. The first-order valence-electron chi connectivity index (χ1n) is 7.28. The van der Waals surface area contributed by atoms with Crippen molar-refractivity contribution in [3.05, 3.63) is 35.1 Å². The Bertz CT molecular complexity index is 382. The highest BCUT2D eigenvalue weighted by Gasteiger charge is 2.22. The summed E-state index contributed by atoms with van der Waals surface area (Å²) >= 11 is 0. The molecule has 19 heavy (non-hydrogen) atoms. The third-order valence-electron chi connectivity index (χ3n) is 4.05. The zero-order valence-electron chi connectivity index (χ0n) is 12.8. The minimum atomic E-state index is 0.662. The van der Waals surface area contributed by atoms with Crippen molar-refractivity contribution in [1.82, 2.24) is 5.32 Å². The van der Waals surface area contributed by atoms with Gasteiger partial charge >= 0.3 is 0 Å². The molecule has 106 valence electrons. The standard InChI is InChI=1S/C17H28N2/c1-13(2)16(10-11-18-4)14(3)17(12-19-5)15-8-6-7-9-15/h12,15,18H,1,5-11H2,2-4H3/b16-14+,17-12-. The lowest BCUT2D eigenvalue weighted by Crippen LogP contribution is -2.11. The molecule has 1 fully saturated rings. The van der Waals surface area contributed by atoms with Crippen LogP contribution in [0.3, 0.4) is 0 Å².